The maximum atomic E-state index is 12.7. The van der Waals surface area contributed by atoms with E-state index in [-0.39, 0.29) is 12.5 Å². The molecule has 0 spiro atoms. The molecule has 1 aliphatic heterocycles. The molecule has 0 aromatic heterocycles. The first kappa shape index (κ1) is 24.6. The lowest BCUT2D eigenvalue weighted by molar-refractivity contribution is -0.130. The molecular weight excluding hydrogens is 412 g/mol. The third-order valence-corrected chi connectivity index (χ3v) is 5.93. The highest BCUT2D eigenvalue weighted by molar-refractivity contribution is 5.89. The summed E-state index contributed by atoms with van der Waals surface area (Å²) < 4.78 is 5.23. The Hall–Kier alpha value is -3.08. The zero-order valence-electron chi connectivity index (χ0n) is 20.5. The van der Waals surface area contributed by atoms with E-state index in [0.717, 1.165) is 19.3 Å². The second-order valence-electron chi connectivity index (χ2n) is 9.57. The van der Waals surface area contributed by atoms with Crippen LogP contribution in [0.25, 0.3) is 11.6 Å². The van der Waals surface area contributed by atoms with Gasteiger partial charge in [0.15, 0.2) is 0 Å². The van der Waals surface area contributed by atoms with Gasteiger partial charge in [-0.05, 0) is 81.7 Å². The van der Waals surface area contributed by atoms with E-state index < -0.39 is 11.7 Å². The van der Waals surface area contributed by atoms with Gasteiger partial charge in [0.05, 0.1) is 0 Å². The summed E-state index contributed by atoms with van der Waals surface area (Å²) in [5, 5.41) is 2.58. The quantitative estimate of drug-likeness (QED) is 0.584. The summed E-state index contributed by atoms with van der Waals surface area (Å²) in [5.74, 6) is -0.0753. The number of allylic oxidation sites excluding steroid dienone is 6. The Morgan fingerprint density at radius 3 is 2.48 bits per heavy atom. The van der Waals surface area contributed by atoms with Crippen LogP contribution >= 0.6 is 0 Å². The van der Waals surface area contributed by atoms with Crippen LogP contribution in [0.3, 0.4) is 0 Å². The van der Waals surface area contributed by atoms with Crippen LogP contribution in [0.15, 0.2) is 59.2 Å². The summed E-state index contributed by atoms with van der Waals surface area (Å²) in [6.07, 6.45) is 10.7. The molecule has 1 saturated heterocycles. The maximum absolute atomic E-state index is 12.7. The van der Waals surface area contributed by atoms with Crippen molar-refractivity contribution in [3.8, 4) is 0 Å². The summed E-state index contributed by atoms with van der Waals surface area (Å²) in [4.78, 5) is 26.4. The molecule has 176 valence electrons. The van der Waals surface area contributed by atoms with Crippen LogP contribution in [0.4, 0.5) is 4.79 Å². The SMILES string of the molecule is C/C=C\CC1=C(C)C=Cc2ccccc2C1=C1CCN(C(=O)CNC(=O)OC(C)(C)C)CC1. The fourth-order valence-electron chi connectivity index (χ4n) is 4.30. The molecule has 0 saturated carbocycles. The number of carbonyl (C=O) groups excluding carboxylic acids is 2. The first-order chi connectivity index (χ1) is 15.7. The number of hydrogen-bond acceptors (Lipinski definition) is 3. The van der Waals surface area contributed by atoms with Crippen LogP contribution in [0.2, 0.25) is 0 Å². The molecule has 1 fully saturated rings. The molecule has 1 aliphatic carbocycles. The number of nitrogens with zero attached hydrogens (tertiary/aromatic N) is 1. The number of piperidine rings is 1. The maximum Gasteiger partial charge on any atom is 0.408 e. The van der Waals surface area contributed by atoms with Crippen LogP contribution < -0.4 is 5.32 Å². The molecule has 0 unspecified atom stereocenters. The number of likely N-dealkylation sites (tertiary alicyclic amines) is 1. The molecule has 2 aliphatic rings. The lowest BCUT2D eigenvalue weighted by Gasteiger charge is -2.31. The van der Waals surface area contributed by atoms with E-state index in [4.69, 9.17) is 4.74 Å². The van der Waals surface area contributed by atoms with Crippen molar-refractivity contribution < 1.29 is 14.3 Å². The van der Waals surface area contributed by atoms with Gasteiger partial charge in [-0.1, -0.05) is 54.1 Å². The molecule has 33 heavy (non-hydrogen) atoms. The Morgan fingerprint density at radius 2 is 1.82 bits per heavy atom. The van der Waals surface area contributed by atoms with Crippen molar-refractivity contribution in [1.29, 1.82) is 0 Å². The number of alkyl carbamates (subject to hydrolysis) is 1. The first-order valence-corrected chi connectivity index (χ1v) is 11.7. The molecule has 1 aromatic rings. The summed E-state index contributed by atoms with van der Waals surface area (Å²) >= 11 is 0. The molecule has 0 radical (unpaired) electrons. The number of carbonyl (C=O) groups is 2. The fourth-order valence-corrected chi connectivity index (χ4v) is 4.30. The van der Waals surface area contributed by atoms with Gasteiger partial charge in [0.1, 0.15) is 12.1 Å². The van der Waals surface area contributed by atoms with Crippen molar-refractivity contribution in [2.45, 2.75) is 59.5 Å². The molecule has 5 heteroatoms. The van der Waals surface area contributed by atoms with Crippen molar-refractivity contribution in [3.63, 3.8) is 0 Å². The minimum absolute atomic E-state index is 0.0425. The highest BCUT2D eigenvalue weighted by atomic mass is 16.6. The zero-order chi connectivity index (χ0) is 24.0. The smallest absolute Gasteiger partial charge is 0.408 e. The van der Waals surface area contributed by atoms with Gasteiger partial charge in [-0.25, -0.2) is 4.79 Å². The molecule has 5 nitrogen and oxygen atoms in total. The van der Waals surface area contributed by atoms with E-state index in [9.17, 15) is 9.59 Å². The van der Waals surface area contributed by atoms with E-state index >= 15 is 0 Å². The normalized spacial score (nSPS) is 16.7. The molecule has 1 aromatic carbocycles. The average molecular weight is 449 g/mol. The Bertz CT molecular complexity index is 1010. The largest absolute Gasteiger partial charge is 0.444 e. The van der Waals surface area contributed by atoms with E-state index in [0.29, 0.717) is 13.1 Å². The number of benzene rings is 1. The standard InChI is InChI=1S/C28H36N2O3/c1-6-7-11-23-20(2)13-14-21-10-8-9-12-24(21)26(23)22-15-17-30(18-16-22)25(31)19-29-27(32)33-28(3,4)5/h6-10,12-14H,11,15-19H2,1-5H3,(H,29,32)/b7-6-. The molecule has 0 atom stereocenters. The number of hydrogen-bond donors (Lipinski definition) is 1. The molecule has 2 amide bonds. The predicted octanol–water partition coefficient (Wildman–Crippen LogP) is 5.90. The second-order valence-corrected chi connectivity index (χ2v) is 9.57. The van der Waals surface area contributed by atoms with Gasteiger partial charge < -0.3 is 15.0 Å². The minimum atomic E-state index is -0.584. The van der Waals surface area contributed by atoms with E-state index in [2.05, 4.69) is 67.7 Å². The fraction of sp³-hybridized carbons (Fsp3) is 0.429. The van der Waals surface area contributed by atoms with Crippen molar-refractivity contribution in [2.75, 3.05) is 19.6 Å². The third kappa shape index (κ3) is 6.47. The van der Waals surface area contributed by atoms with Crippen molar-refractivity contribution in [1.82, 2.24) is 10.2 Å². The van der Waals surface area contributed by atoms with E-state index in [1.807, 2.05) is 4.90 Å². The Labute approximate surface area is 197 Å². The van der Waals surface area contributed by atoms with E-state index in [1.165, 1.54) is 33.4 Å². The zero-order valence-corrected chi connectivity index (χ0v) is 20.5. The Kier molecular flexibility index (Phi) is 7.96. The summed E-state index contributed by atoms with van der Waals surface area (Å²) in [6.45, 7) is 10.9. The topological polar surface area (TPSA) is 58.6 Å². The average Bonchev–Trinajstić information content (AvgIpc) is 2.91. The highest BCUT2D eigenvalue weighted by Gasteiger charge is 2.25. The number of ether oxygens (including phenoxy) is 1. The van der Waals surface area contributed by atoms with Crippen LogP contribution in [0, 0.1) is 0 Å². The van der Waals surface area contributed by atoms with Crippen LogP contribution in [0.5, 0.6) is 0 Å². The number of rotatable bonds is 4. The van der Waals surface area contributed by atoms with Crippen LogP contribution in [-0.4, -0.2) is 42.1 Å². The van der Waals surface area contributed by atoms with Crippen LogP contribution in [0.1, 0.15) is 65.0 Å². The third-order valence-electron chi connectivity index (χ3n) is 5.93. The molecule has 3 rings (SSSR count). The van der Waals surface area contributed by atoms with Gasteiger partial charge in [0.25, 0.3) is 0 Å². The molecule has 0 bridgehead atoms. The van der Waals surface area contributed by atoms with Gasteiger partial charge in [0.2, 0.25) is 5.91 Å². The Balaban J connectivity index is 1.77. The number of amides is 2. The van der Waals surface area contributed by atoms with Crippen LogP contribution in [-0.2, 0) is 9.53 Å². The predicted molar refractivity (Wildman–Crippen MR) is 135 cm³/mol. The highest BCUT2D eigenvalue weighted by Crippen LogP contribution is 2.39. The summed E-state index contributed by atoms with van der Waals surface area (Å²) in [6, 6.07) is 8.55. The first-order valence-electron chi connectivity index (χ1n) is 11.7. The lowest BCUT2D eigenvalue weighted by atomic mass is 9.84. The van der Waals surface area contributed by atoms with Gasteiger partial charge in [0, 0.05) is 13.1 Å². The Morgan fingerprint density at radius 1 is 1.12 bits per heavy atom. The lowest BCUT2D eigenvalue weighted by Crippen LogP contribution is -2.44. The molecule has 1 heterocycles. The van der Waals surface area contributed by atoms with Crippen molar-refractivity contribution in [3.05, 3.63) is 70.3 Å². The van der Waals surface area contributed by atoms with E-state index in [1.54, 1.807) is 20.8 Å². The number of nitrogens with one attached hydrogen (secondary N) is 1. The van der Waals surface area contributed by atoms with Gasteiger partial charge in [-0.3, -0.25) is 4.79 Å². The van der Waals surface area contributed by atoms with Gasteiger partial charge in [-0.2, -0.15) is 0 Å². The second kappa shape index (κ2) is 10.7. The summed E-state index contributed by atoms with van der Waals surface area (Å²) in [5.41, 5.74) is 7.29. The van der Waals surface area contributed by atoms with Crippen molar-refractivity contribution >= 4 is 23.6 Å². The summed E-state index contributed by atoms with van der Waals surface area (Å²) in [7, 11) is 0. The van der Waals surface area contributed by atoms with Crippen molar-refractivity contribution in [2.24, 2.45) is 0 Å². The molecular formula is C28H36N2O3. The number of fused-ring (bicyclic) bond motifs is 1. The van der Waals surface area contributed by atoms with Gasteiger partial charge in [-0.15, -0.1) is 0 Å². The van der Waals surface area contributed by atoms with Gasteiger partial charge >= 0.3 is 6.09 Å². The minimum Gasteiger partial charge on any atom is -0.444 e. The monoisotopic (exact) mass is 448 g/mol. The molecule has 1 N–H and O–H groups in total.